The number of rotatable bonds is 25. The molecule has 10 unspecified atom stereocenters. The molecule has 11 N–H and O–H groups in total. The number of carbonyl (C=O) groups excluding carboxylic acids is 8. The quantitative estimate of drug-likeness (QED) is 0.0462. The van der Waals surface area contributed by atoms with Crippen molar-refractivity contribution in [2.45, 2.75) is 233 Å². The first-order valence-electron chi connectivity index (χ1n) is 27.1. The second kappa shape index (κ2) is 34.7. The Kier molecular flexibility index (Phi) is 31.1. The van der Waals surface area contributed by atoms with Gasteiger partial charge in [-0.25, -0.2) is 4.79 Å². The van der Waals surface area contributed by atoms with Gasteiger partial charge in [0.15, 0.2) is 0 Å². The topological polar surface area (TPSA) is 362 Å². The van der Waals surface area contributed by atoms with Crippen LogP contribution in [0, 0.1) is 35.5 Å². The van der Waals surface area contributed by atoms with Crippen LogP contribution in [0.2, 0.25) is 0 Å². The van der Waals surface area contributed by atoms with Gasteiger partial charge >= 0.3 is 23.9 Å². The van der Waals surface area contributed by atoms with E-state index in [0.717, 1.165) is 6.42 Å². The zero-order valence-electron chi connectivity index (χ0n) is 46.7. The number of hydrogen-bond donors (Lipinski definition) is 11. The summed E-state index contributed by atoms with van der Waals surface area (Å²) in [6, 6.07) is -9.96. The minimum atomic E-state index is -1.76. The molecule has 1 saturated heterocycles. The second-order valence-electron chi connectivity index (χ2n) is 22.5. The number of nitrogens with one attached hydrogen (secondary N) is 7. The Morgan fingerprint density at radius 2 is 0.895 bits per heavy atom. The number of carbonyl (C=O) groups is 11. The van der Waals surface area contributed by atoms with Crippen LogP contribution in [0.25, 0.3) is 0 Å². The Labute approximate surface area is 448 Å². The summed E-state index contributed by atoms with van der Waals surface area (Å²) in [6.07, 6.45) is -0.694. The van der Waals surface area contributed by atoms with Crippen molar-refractivity contribution < 1.29 is 77.9 Å². The molecule has 0 saturated carbocycles. The van der Waals surface area contributed by atoms with Gasteiger partial charge in [0.2, 0.25) is 41.4 Å². The molecular formula is C53H91N7O16. The van der Waals surface area contributed by atoms with E-state index in [1.54, 1.807) is 76.2 Å². The molecule has 0 aliphatic carbocycles. The third-order valence-electron chi connectivity index (χ3n) is 12.8. The van der Waals surface area contributed by atoms with Crippen LogP contribution in [-0.2, 0) is 57.5 Å². The van der Waals surface area contributed by atoms with E-state index in [1.165, 1.54) is 0 Å². The smallest absolute Gasteiger partial charge is 0.328 e. The Morgan fingerprint density at radius 3 is 1.34 bits per heavy atom. The van der Waals surface area contributed by atoms with Gasteiger partial charge in [0.25, 0.3) is 0 Å². The summed E-state index contributed by atoms with van der Waals surface area (Å²) in [6.45, 7) is 19.2. The summed E-state index contributed by atoms with van der Waals surface area (Å²) in [4.78, 5) is 148. The van der Waals surface area contributed by atoms with Crippen molar-refractivity contribution in [2.24, 2.45) is 35.5 Å². The number of esters is 1. The van der Waals surface area contributed by atoms with Gasteiger partial charge in [-0.3, -0.25) is 47.9 Å². The molecule has 23 heteroatoms. The normalized spacial score (nSPS) is 24.3. The molecule has 0 radical (unpaired) electrons. The van der Waals surface area contributed by atoms with Gasteiger partial charge in [0.05, 0.1) is 25.4 Å². The van der Waals surface area contributed by atoms with Crippen LogP contribution in [-0.4, -0.2) is 140 Å². The summed E-state index contributed by atoms with van der Waals surface area (Å²) in [7, 11) is 0. The molecular weight excluding hydrogens is 991 g/mol. The standard InChI is InChI=1S/C53H91N7O16/c1-28(2)21-36-48(70)57-38(23-30(5)6)51(73)60-46(32(9)10)52(74)58-39(26-45(67)68)50(72)56-37(22-29(3)4)49(71)59-40(24-31(7)8)53(75)76-41(27-42(62)54-35(47(69)55-36)19-20-43(63)64)33(11)17-15-13-12-14-16-18-34(61)25-44(65)66/h28-41,46,61H,12-27H2,1-11H3,(H,54,62)(H,55,69)(H,56,72)(H,57,70)(H,58,74)(H,59,71)(H,60,73)(H,63,64)(H,65,66)(H,67,68). The monoisotopic (exact) mass is 1080 g/mol. The molecule has 1 rings (SSSR count). The lowest BCUT2D eigenvalue weighted by Crippen LogP contribution is -2.61. The highest BCUT2D eigenvalue weighted by Gasteiger charge is 2.38. The Balaban J connectivity index is 3.99. The number of amides is 7. The number of aliphatic hydroxyl groups is 1. The summed E-state index contributed by atoms with van der Waals surface area (Å²) in [5, 5.41) is 56.6. The Morgan fingerprint density at radius 1 is 0.487 bits per heavy atom. The first kappa shape index (κ1) is 68.1. The highest BCUT2D eigenvalue weighted by Crippen LogP contribution is 2.23. The molecule has 1 heterocycles. The van der Waals surface area contributed by atoms with Gasteiger partial charge in [0, 0.05) is 6.42 Å². The third-order valence-corrected chi connectivity index (χ3v) is 12.8. The van der Waals surface area contributed by atoms with Crippen LogP contribution in [0.1, 0.15) is 179 Å². The number of aliphatic hydroxyl groups excluding tert-OH is 1. The van der Waals surface area contributed by atoms with Gasteiger partial charge in [0.1, 0.15) is 48.4 Å². The second-order valence-corrected chi connectivity index (χ2v) is 22.5. The number of aliphatic carboxylic acids is 3. The zero-order chi connectivity index (χ0) is 58.0. The molecule has 76 heavy (non-hydrogen) atoms. The first-order chi connectivity index (χ1) is 35.4. The summed E-state index contributed by atoms with van der Waals surface area (Å²) in [5.74, 6) is -13.0. The maximum absolute atomic E-state index is 14.3. The lowest BCUT2D eigenvalue weighted by Gasteiger charge is -2.30. The first-order valence-corrected chi connectivity index (χ1v) is 27.1. The predicted molar refractivity (Wildman–Crippen MR) is 280 cm³/mol. The Hall–Kier alpha value is -5.87. The highest BCUT2D eigenvalue weighted by atomic mass is 16.5. The van der Waals surface area contributed by atoms with E-state index >= 15 is 0 Å². The van der Waals surface area contributed by atoms with Crippen molar-refractivity contribution in [1.82, 2.24) is 37.2 Å². The summed E-state index contributed by atoms with van der Waals surface area (Å²) >= 11 is 0. The molecule has 0 spiro atoms. The molecule has 10 atom stereocenters. The molecule has 1 aliphatic rings. The van der Waals surface area contributed by atoms with E-state index < -0.39 is 157 Å². The maximum atomic E-state index is 14.3. The van der Waals surface area contributed by atoms with Gasteiger partial charge in [-0.1, -0.05) is 108 Å². The average molecular weight is 1080 g/mol. The van der Waals surface area contributed by atoms with Crippen molar-refractivity contribution in [3.05, 3.63) is 0 Å². The predicted octanol–water partition coefficient (Wildman–Crippen LogP) is 3.08. The lowest BCUT2D eigenvalue weighted by molar-refractivity contribution is -0.158. The van der Waals surface area contributed by atoms with Crippen molar-refractivity contribution in [3.63, 3.8) is 0 Å². The van der Waals surface area contributed by atoms with Crippen LogP contribution in [0.5, 0.6) is 0 Å². The van der Waals surface area contributed by atoms with E-state index in [1.807, 2.05) is 0 Å². The number of hydrogen-bond acceptors (Lipinski definition) is 13. The van der Waals surface area contributed by atoms with Gasteiger partial charge in [-0.2, -0.15) is 0 Å². The summed E-state index contributed by atoms with van der Waals surface area (Å²) < 4.78 is 6.10. The molecule has 23 nitrogen and oxygen atoms in total. The molecule has 0 aromatic carbocycles. The fourth-order valence-corrected chi connectivity index (χ4v) is 8.75. The zero-order valence-corrected chi connectivity index (χ0v) is 46.7. The van der Waals surface area contributed by atoms with Crippen LogP contribution in [0.4, 0.5) is 0 Å². The SMILES string of the molecule is CC(C)CC1NC(=O)C(CCC(=O)O)NC(=O)CC(C(C)CCCCCCCC(O)CC(=O)O)OC(=O)C(CC(C)C)NC(=O)C(CC(C)C)NC(=O)C(CC(=O)O)NC(=O)C(C(C)C)NC(=O)C(CC(C)C)NC1=O. The number of carboxylic acids is 3. The van der Waals surface area contributed by atoms with Crippen molar-refractivity contribution in [2.75, 3.05) is 0 Å². The van der Waals surface area contributed by atoms with Gasteiger partial charge in [-0.05, 0) is 80.5 Å². The van der Waals surface area contributed by atoms with E-state index in [4.69, 9.17) is 9.84 Å². The van der Waals surface area contributed by atoms with Crippen molar-refractivity contribution in [3.8, 4) is 0 Å². The van der Waals surface area contributed by atoms with Crippen molar-refractivity contribution in [1.29, 1.82) is 0 Å². The number of cyclic esters (lactones) is 1. The fourth-order valence-electron chi connectivity index (χ4n) is 8.75. The largest absolute Gasteiger partial charge is 0.481 e. The molecule has 434 valence electrons. The lowest BCUT2D eigenvalue weighted by atomic mass is 9.93. The summed E-state index contributed by atoms with van der Waals surface area (Å²) in [5.41, 5.74) is 0. The molecule has 0 bridgehead atoms. The highest BCUT2D eigenvalue weighted by molar-refractivity contribution is 5.98. The maximum Gasteiger partial charge on any atom is 0.328 e. The molecule has 7 amide bonds. The third kappa shape index (κ3) is 27.8. The minimum Gasteiger partial charge on any atom is -0.481 e. The molecule has 0 aromatic heterocycles. The van der Waals surface area contributed by atoms with E-state index in [0.29, 0.717) is 38.5 Å². The molecule has 1 fully saturated rings. The molecule has 1 aliphatic heterocycles. The number of carboxylic acid groups (broad SMARTS) is 3. The Bertz CT molecular complexity index is 1940. The van der Waals surface area contributed by atoms with Crippen LogP contribution < -0.4 is 37.2 Å². The molecule has 0 aromatic rings. The van der Waals surface area contributed by atoms with E-state index in [9.17, 15) is 68.1 Å². The van der Waals surface area contributed by atoms with Crippen LogP contribution >= 0.6 is 0 Å². The number of ether oxygens (including phenoxy) is 1. The van der Waals surface area contributed by atoms with Gasteiger partial charge < -0.3 is 62.4 Å². The van der Waals surface area contributed by atoms with E-state index in [-0.39, 0.29) is 55.8 Å². The van der Waals surface area contributed by atoms with Crippen LogP contribution in [0.3, 0.4) is 0 Å². The number of unbranched alkanes of at least 4 members (excludes halogenated alkanes) is 4. The fraction of sp³-hybridized carbons (Fsp3) is 0.792. The van der Waals surface area contributed by atoms with Crippen LogP contribution in [0.15, 0.2) is 0 Å². The van der Waals surface area contributed by atoms with E-state index in [2.05, 4.69) is 37.2 Å². The average Bonchev–Trinajstić information content (AvgIpc) is 3.28. The minimum absolute atomic E-state index is 0.000211. The van der Waals surface area contributed by atoms with Gasteiger partial charge in [-0.15, -0.1) is 0 Å². The van der Waals surface area contributed by atoms with Crippen molar-refractivity contribution >= 4 is 65.2 Å².